The molecule has 0 aliphatic heterocycles. The summed E-state index contributed by atoms with van der Waals surface area (Å²) in [5, 5.41) is 5.13. The normalized spacial score (nSPS) is 11.2. The summed E-state index contributed by atoms with van der Waals surface area (Å²) in [6.07, 6.45) is 0. The molecule has 8 nitrogen and oxygen atoms in total. The van der Waals surface area contributed by atoms with Crippen LogP contribution in [0.4, 0.5) is 5.82 Å². The largest absolute Gasteiger partial charge is 0.343 e. The predicted octanol–water partition coefficient (Wildman–Crippen LogP) is 2.37. The molecule has 0 saturated carbocycles. The van der Waals surface area contributed by atoms with Crippen molar-refractivity contribution < 1.29 is 18.0 Å². The monoisotopic (exact) mass is 438 g/mol. The number of anilines is 1. The summed E-state index contributed by atoms with van der Waals surface area (Å²) in [5.74, 6) is -0.653. The second-order valence-electron chi connectivity index (χ2n) is 6.82. The number of amides is 2. The maximum Gasteiger partial charge on any atom is 0.251 e. The number of sulfonamides is 1. The molecule has 0 fully saturated rings. The van der Waals surface area contributed by atoms with Crippen LogP contribution in [-0.2, 0) is 14.8 Å². The highest BCUT2D eigenvalue weighted by Crippen LogP contribution is 2.18. The van der Waals surface area contributed by atoms with Gasteiger partial charge in [-0.15, -0.1) is 0 Å². The van der Waals surface area contributed by atoms with Gasteiger partial charge in [-0.1, -0.05) is 42.5 Å². The number of benzene rings is 2. The molecule has 2 amide bonds. The highest BCUT2D eigenvalue weighted by Gasteiger charge is 2.19. The van der Waals surface area contributed by atoms with Crippen molar-refractivity contribution in [3.05, 3.63) is 78.4 Å². The summed E-state index contributed by atoms with van der Waals surface area (Å²) in [4.78, 5) is 29.0. The van der Waals surface area contributed by atoms with Crippen LogP contribution in [0.5, 0.6) is 0 Å². The Balaban J connectivity index is 1.62. The lowest BCUT2D eigenvalue weighted by Crippen LogP contribution is -2.33. The first-order valence-corrected chi connectivity index (χ1v) is 10.8. The van der Waals surface area contributed by atoms with Crippen molar-refractivity contribution in [2.24, 2.45) is 0 Å². The SMILES string of the molecule is CN(C)S(=O)(=O)c1cccc(C(=O)NCC(=O)Nc2cccc(-c3ccccc3)n2)c1. The highest BCUT2D eigenvalue weighted by molar-refractivity contribution is 7.89. The Morgan fingerprint density at radius 1 is 0.935 bits per heavy atom. The van der Waals surface area contributed by atoms with E-state index in [4.69, 9.17) is 0 Å². The molecule has 0 spiro atoms. The van der Waals surface area contributed by atoms with Crippen molar-refractivity contribution in [3.8, 4) is 11.3 Å². The molecular formula is C22H22N4O4S. The zero-order chi connectivity index (χ0) is 22.4. The number of pyridine rings is 1. The lowest BCUT2D eigenvalue weighted by molar-refractivity contribution is -0.115. The molecule has 9 heteroatoms. The molecule has 31 heavy (non-hydrogen) atoms. The Morgan fingerprint density at radius 3 is 2.35 bits per heavy atom. The topological polar surface area (TPSA) is 108 Å². The molecule has 0 radical (unpaired) electrons. The van der Waals surface area contributed by atoms with Gasteiger partial charge in [-0.3, -0.25) is 9.59 Å². The van der Waals surface area contributed by atoms with Gasteiger partial charge in [0.2, 0.25) is 15.9 Å². The van der Waals surface area contributed by atoms with Gasteiger partial charge < -0.3 is 10.6 Å². The van der Waals surface area contributed by atoms with Gasteiger partial charge >= 0.3 is 0 Å². The van der Waals surface area contributed by atoms with Gasteiger partial charge in [-0.25, -0.2) is 17.7 Å². The molecule has 3 rings (SSSR count). The first-order valence-electron chi connectivity index (χ1n) is 9.40. The van der Waals surface area contributed by atoms with Crippen molar-refractivity contribution in [1.82, 2.24) is 14.6 Å². The third-order valence-electron chi connectivity index (χ3n) is 4.37. The van der Waals surface area contributed by atoms with E-state index < -0.39 is 21.8 Å². The number of rotatable bonds is 7. The fraction of sp³-hybridized carbons (Fsp3) is 0.136. The number of hydrogen-bond donors (Lipinski definition) is 2. The van der Waals surface area contributed by atoms with Crippen LogP contribution in [0.15, 0.2) is 77.7 Å². The zero-order valence-electron chi connectivity index (χ0n) is 17.1. The van der Waals surface area contributed by atoms with E-state index in [1.54, 1.807) is 12.1 Å². The first kappa shape index (κ1) is 22.1. The Morgan fingerprint density at radius 2 is 1.65 bits per heavy atom. The average molecular weight is 439 g/mol. The molecule has 3 aromatic rings. The summed E-state index contributed by atoms with van der Waals surface area (Å²) >= 11 is 0. The minimum Gasteiger partial charge on any atom is -0.343 e. The Kier molecular flexibility index (Phi) is 6.78. The van der Waals surface area contributed by atoms with Crippen molar-refractivity contribution in [1.29, 1.82) is 0 Å². The van der Waals surface area contributed by atoms with Crippen LogP contribution in [0.1, 0.15) is 10.4 Å². The molecule has 2 aromatic carbocycles. The summed E-state index contributed by atoms with van der Waals surface area (Å²) in [6.45, 7) is -0.291. The number of carbonyl (C=O) groups is 2. The van der Waals surface area contributed by atoms with Crippen LogP contribution in [0, 0.1) is 0 Å². The molecular weight excluding hydrogens is 416 g/mol. The first-order chi connectivity index (χ1) is 14.8. The molecule has 1 aromatic heterocycles. The van der Waals surface area contributed by atoms with Gasteiger partial charge in [0.05, 0.1) is 17.1 Å². The molecule has 0 aliphatic carbocycles. The second-order valence-corrected chi connectivity index (χ2v) is 8.97. The van der Waals surface area contributed by atoms with Crippen molar-refractivity contribution in [2.45, 2.75) is 4.90 Å². The maximum atomic E-state index is 12.4. The smallest absolute Gasteiger partial charge is 0.251 e. The summed E-state index contributed by atoms with van der Waals surface area (Å²) in [5.41, 5.74) is 1.76. The number of nitrogens with zero attached hydrogens (tertiary/aromatic N) is 2. The lowest BCUT2D eigenvalue weighted by Gasteiger charge is -2.12. The molecule has 1 heterocycles. The minimum absolute atomic E-state index is 0.00321. The van der Waals surface area contributed by atoms with Gasteiger partial charge in [0.1, 0.15) is 5.82 Å². The molecule has 0 atom stereocenters. The van der Waals surface area contributed by atoms with Crippen molar-refractivity contribution in [3.63, 3.8) is 0 Å². The van der Waals surface area contributed by atoms with E-state index in [2.05, 4.69) is 15.6 Å². The van der Waals surface area contributed by atoms with Crippen molar-refractivity contribution in [2.75, 3.05) is 26.0 Å². The van der Waals surface area contributed by atoms with E-state index in [9.17, 15) is 18.0 Å². The third-order valence-corrected chi connectivity index (χ3v) is 6.18. The molecule has 0 bridgehead atoms. The molecule has 0 saturated heterocycles. The summed E-state index contributed by atoms with van der Waals surface area (Å²) in [6, 6.07) is 20.4. The lowest BCUT2D eigenvalue weighted by atomic mass is 10.1. The highest BCUT2D eigenvalue weighted by atomic mass is 32.2. The van der Waals surface area contributed by atoms with Crippen LogP contribution in [0.3, 0.4) is 0 Å². The Labute approximate surface area is 181 Å². The van der Waals surface area contributed by atoms with Gasteiger partial charge in [0.15, 0.2) is 0 Å². The van der Waals surface area contributed by atoms with E-state index in [1.807, 2.05) is 36.4 Å². The van der Waals surface area contributed by atoms with Crippen LogP contribution in [0.25, 0.3) is 11.3 Å². The predicted molar refractivity (Wildman–Crippen MR) is 118 cm³/mol. The fourth-order valence-corrected chi connectivity index (χ4v) is 3.68. The molecule has 2 N–H and O–H groups in total. The van der Waals surface area contributed by atoms with Gasteiger partial charge in [-0.2, -0.15) is 0 Å². The number of carbonyl (C=O) groups excluding carboxylic acids is 2. The third kappa shape index (κ3) is 5.53. The quantitative estimate of drug-likeness (QED) is 0.589. The minimum atomic E-state index is -3.67. The van der Waals surface area contributed by atoms with Crippen LogP contribution in [0.2, 0.25) is 0 Å². The second kappa shape index (κ2) is 9.50. The van der Waals surface area contributed by atoms with Gasteiger partial charge in [-0.05, 0) is 30.3 Å². The molecule has 0 aliphatic rings. The van der Waals surface area contributed by atoms with Crippen LogP contribution >= 0.6 is 0 Å². The molecule has 160 valence electrons. The maximum absolute atomic E-state index is 12.4. The summed E-state index contributed by atoms with van der Waals surface area (Å²) in [7, 11) is -0.846. The molecule has 0 unspecified atom stereocenters. The van der Waals surface area contributed by atoms with E-state index in [-0.39, 0.29) is 17.0 Å². The van der Waals surface area contributed by atoms with Gasteiger partial charge in [0.25, 0.3) is 5.91 Å². The van der Waals surface area contributed by atoms with E-state index >= 15 is 0 Å². The number of hydrogen-bond acceptors (Lipinski definition) is 5. The van der Waals surface area contributed by atoms with Crippen molar-refractivity contribution >= 4 is 27.7 Å². The van der Waals surface area contributed by atoms with E-state index in [1.165, 1.54) is 38.4 Å². The average Bonchev–Trinajstić information content (AvgIpc) is 2.78. The van der Waals surface area contributed by atoms with Gasteiger partial charge in [0, 0.05) is 25.2 Å². The summed E-state index contributed by atoms with van der Waals surface area (Å²) < 4.78 is 25.5. The standard InChI is InChI=1S/C22H22N4O4S/c1-26(2)31(29,30)18-11-6-10-17(14-18)22(28)23-15-21(27)25-20-13-7-12-19(24-20)16-8-4-3-5-9-16/h3-14H,15H2,1-2H3,(H,23,28)(H,24,25,27). The Hall–Kier alpha value is -3.56. The Bertz CT molecular complexity index is 1190. The fourth-order valence-electron chi connectivity index (χ4n) is 2.73. The van der Waals surface area contributed by atoms with E-state index in [0.717, 1.165) is 9.87 Å². The van der Waals surface area contributed by atoms with Crippen LogP contribution < -0.4 is 10.6 Å². The van der Waals surface area contributed by atoms with E-state index in [0.29, 0.717) is 11.5 Å². The zero-order valence-corrected chi connectivity index (χ0v) is 17.9. The number of nitrogens with one attached hydrogen (secondary N) is 2. The number of aromatic nitrogens is 1. The van der Waals surface area contributed by atoms with Crippen LogP contribution in [-0.4, -0.2) is 50.2 Å².